The van der Waals surface area contributed by atoms with Gasteiger partial charge >= 0.3 is 5.97 Å². The predicted molar refractivity (Wildman–Crippen MR) is 84.4 cm³/mol. The number of nitrogens with zero attached hydrogens (tertiary/aromatic N) is 1. The largest absolute Gasteiger partial charge is 0.493 e. The highest BCUT2D eigenvalue weighted by Crippen LogP contribution is 2.30. The van der Waals surface area contributed by atoms with Crippen molar-refractivity contribution in [2.45, 2.75) is 39.3 Å². The van der Waals surface area contributed by atoms with E-state index in [2.05, 4.69) is 4.90 Å². The minimum atomic E-state index is -0.692. The number of hydrogen-bond acceptors (Lipinski definition) is 4. The summed E-state index contributed by atoms with van der Waals surface area (Å²) in [6, 6.07) is 5.92. The summed E-state index contributed by atoms with van der Waals surface area (Å²) < 4.78 is 11.1. The molecular weight excluding hydrogens is 282 g/mol. The molecule has 22 heavy (non-hydrogen) atoms. The van der Waals surface area contributed by atoms with Crippen molar-refractivity contribution >= 4 is 5.97 Å². The van der Waals surface area contributed by atoms with Gasteiger partial charge < -0.3 is 14.6 Å². The van der Waals surface area contributed by atoms with Crippen molar-refractivity contribution in [1.29, 1.82) is 0 Å². The Labute approximate surface area is 131 Å². The maximum Gasteiger partial charge on any atom is 0.307 e. The summed E-state index contributed by atoms with van der Waals surface area (Å²) in [6.07, 6.45) is 1.80. The molecule has 0 amide bonds. The number of aliphatic carboxylic acids is 1. The number of carbonyl (C=O) groups is 1. The Balaban J connectivity index is 2.04. The van der Waals surface area contributed by atoms with E-state index in [-0.39, 0.29) is 12.0 Å². The van der Waals surface area contributed by atoms with Gasteiger partial charge in [0.25, 0.3) is 0 Å². The molecule has 1 aromatic rings. The predicted octanol–water partition coefficient (Wildman–Crippen LogP) is 2.78. The number of benzene rings is 1. The third-order valence-corrected chi connectivity index (χ3v) is 3.85. The minimum absolute atomic E-state index is 0.0955. The van der Waals surface area contributed by atoms with E-state index in [1.807, 2.05) is 32.0 Å². The average Bonchev–Trinajstić information content (AvgIpc) is 2.48. The van der Waals surface area contributed by atoms with E-state index < -0.39 is 5.97 Å². The quantitative estimate of drug-likeness (QED) is 0.875. The SMILES string of the molecule is COc1cc(CN2CCCC(C(=O)O)C2)ccc1OC(C)C. The van der Waals surface area contributed by atoms with Crippen molar-refractivity contribution in [2.75, 3.05) is 20.2 Å². The van der Waals surface area contributed by atoms with Gasteiger partial charge in [-0.05, 0) is 50.9 Å². The first-order valence-corrected chi connectivity index (χ1v) is 7.78. The van der Waals surface area contributed by atoms with Crippen molar-refractivity contribution in [1.82, 2.24) is 4.90 Å². The smallest absolute Gasteiger partial charge is 0.307 e. The highest BCUT2D eigenvalue weighted by atomic mass is 16.5. The van der Waals surface area contributed by atoms with E-state index in [1.165, 1.54) is 0 Å². The van der Waals surface area contributed by atoms with Crippen LogP contribution in [0.1, 0.15) is 32.3 Å². The van der Waals surface area contributed by atoms with Crippen LogP contribution in [0.2, 0.25) is 0 Å². The highest BCUT2D eigenvalue weighted by Gasteiger charge is 2.25. The molecular formula is C17H25NO4. The summed E-state index contributed by atoms with van der Waals surface area (Å²) in [6.45, 7) is 6.25. The van der Waals surface area contributed by atoms with Gasteiger partial charge in [-0.15, -0.1) is 0 Å². The van der Waals surface area contributed by atoms with Crippen LogP contribution in [-0.2, 0) is 11.3 Å². The second-order valence-electron chi connectivity index (χ2n) is 6.06. The van der Waals surface area contributed by atoms with Crippen molar-refractivity contribution in [3.05, 3.63) is 23.8 Å². The first-order valence-electron chi connectivity index (χ1n) is 7.78. The fourth-order valence-corrected chi connectivity index (χ4v) is 2.82. The molecule has 0 bridgehead atoms. The molecule has 1 aliphatic rings. The molecule has 1 N–H and O–H groups in total. The standard InChI is InChI=1S/C17H25NO4/c1-12(2)22-15-7-6-13(9-16(15)21-3)10-18-8-4-5-14(11-18)17(19)20/h6-7,9,12,14H,4-5,8,10-11H2,1-3H3,(H,19,20). The maximum absolute atomic E-state index is 11.1. The molecule has 1 atom stereocenters. The van der Waals surface area contributed by atoms with E-state index in [4.69, 9.17) is 14.6 Å². The zero-order valence-electron chi connectivity index (χ0n) is 13.5. The molecule has 5 heteroatoms. The van der Waals surface area contributed by atoms with Gasteiger partial charge in [0.05, 0.1) is 19.1 Å². The topological polar surface area (TPSA) is 59.0 Å². The summed E-state index contributed by atoms with van der Waals surface area (Å²) >= 11 is 0. The lowest BCUT2D eigenvalue weighted by Crippen LogP contribution is -2.38. The van der Waals surface area contributed by atoms with Gasteiger partial charge in [0.15, 0.2) is 11.5 Å². The van der Waals surface area contributed by atoms with Gasteiger partial charge in [0.2, 0.25) is 0 Å². The monoisotopic (exact) mass is 307 g/mol. The molecule has 1 aliphatic heterocycles. The van der Waals surface area contributed by atoms with Crippen molar-refractivity contribution in [3.8, 4) is 11.5 Å². The summed E-state index contributed by atoms with van der Waals surface area (Å²) in [4.78, 5) is 13.3. The molecule has 0 saturated carbocycles. The number of piperidine rings is 1. The van der Waals surface area contributed by atoms with Gasteiger partial charge in [0.1, 0.15) is 0 Å². The van der Waals surface area contributed by atoms with Crippen LogP contribution in [0.25, 0.3) is 0 Å². The van der Waals surface area contributed by atoms with Crippen LogP contribution in [0.3, 0.4) is 0 Å². The van der Waals surface area contributed by atoms with Crippen LogP contribution in [0, 0.1) is 5.92 Å². The summed E-state index contributed by atoms with van der Waals surface area (Å²) in [5.74, 6) is 0.517. The Morgan fingerprint density at radius 2 is 2.18 bits per heavy atom. The summed E-state index contributed by atoms with van der Waals surface area (Å²) in [5, 5.41) is 9.16. The lowest BCUT2D eigenvalue weighted by molar-refractivity contribution is -0.143. The van der Waals surface area contributed by atoms with E-state index in [0.29, 0.717) is 6.54 Å². The number of carboxylic acid groups (broad SMARTS) is 1. The lowest BCUT2D eigenvalue weighted by atomic mass is 9.98. The van der Waals surface area contributed by atoms with E-state index >= 15 is 0 Å². The normalized spacial score (nSPS) is 19.2. The summed E-state index contributed by atoms with van der Waals surface area (Å²) in [7, 11) is 1.63. The highest BCUT2D eigenvalue weighted by molar-refractivity contribution is 5.70. The van der Waals surface area contributed by atoms with Crippen molar-refractivity contribution < 1.29 is 19.4 Å². The number of rotatable bonds is 6. The van der Waals surface area contributed by atoms with E-state index in [0.717, 1.165) is 43.0 Å². The molecule has 0 aromatic heterocycles. The first kappa shape index (κ1) is 16.6. The molecule has 1 fully saturated rings. The van der Waals surface area contributed by atoms with E-state index in [9.17, 15) is 4.79 Å². The maximum atomic E-state index is 11.1. The fourth-order valence-electron chi connectivity index (χ4n) is 2.82. The van der Waals surface area contributed by atoms with Gasteiger partial charge in [0, 0.05) is 13.1 Å². The van der Waals surface area contributed by atoms with Gasteiger partial charge in [-0.3, -0.25) is 9.69 Å². The second-order valence-corrected chi connectivity index (χ2v) is 6.06. The van der Waals surface area contributed by atoms with E-state index in [1.54, 1.807) is 7.11 Å². The zero-order chi connectivity index (χ0) is 16.1. The van der Waals surface area contributed by atoms with Crippen LogP contribution in [0.15, 0.2) is 18.2 Å². The summed E-state index contributed by atoms with van der Waals surface area (Å²) in [5.41, 5.74) is 1.11. The molecule has 1 saturated heterocycles. The molecule has 1 aromatic carbocycles. The Hall–Kier alpha value is -1.75. The minimum Gasteiger partial charge on any atom is -0.493 e. The van der Waals surface area contributed by atoms with Crippen LogP contribution in [0.5, 0.6) is 11.5 Å². The van der Waals surface area contributed by atoms with Crippen molar-refractivity contribution in [2.24, 2.45) is 5.92 Å². The number of carboxylic acids is 1. The van der Waals surface area contributed by atoms with Crippen LogP contribution in [-0.4, -0.2) is 42.3 Å². The van der Waals surface area contributed by atoms with Crippen LogP contribution < -0.4 is 9.47 Å². The molecule has 1 heterocycles. The third kappa shape index (κ3) is 4.37. The van der Waals surface area contributed by atoms with Gasteiger partial charge in [-0.2, -0.15) is 0 Å². The molecule has 122 valence electrons. The second kappa shape index (κ2) is 7.49. The molecule has 2 rings (SSSR count). The molecule has 0 spiro atoms. The van der Waals surface area contributed by atoms with Gasteiger partial charge in [-0.25, -0.2) is 0 Å². The first-order chi connectivity index (χ1) is 10.5. The number of methoxy groups -OCH3 is 1. The van der Waals surface area contributed by atoms with Crippen molar-refractivity contribution in [3.63, 3.8) is 0 Å². The molecule has 0 aliphatic carbocycles. The Bertz CT molecular complexity index is 515. The number of hydrogen-bond donors (Lipinski definition) is 1. The Morgan fingerprint density at radius 1 is 1.41 bits per heavy atom. The Kier molecular flexibility index (Phi) is 5.66. The van der Waals surface area contributed by atoms with Crippen LogP contribution in [0.4, 0.5) is 0 Å². The zero-order valence-corrected chi connectivity index (χ0v) is 13.5. The fraction of sp³-hybridized carbons (Fsp3) is 0.588. The molecule has 0 radical (unpaired) electrons. The third-order valence-electron chi connectivity index (χ3n) is 3.85. The number of ether oxygens (including phenoxy) is 2. The van der Waals surface area contributed by atoms with Gasteiger partial charge in [-0.1, -0.05) is 6.07 Å². The molecule has 5 nitrogen and oxygen atoms in total. The lowest BCUT2D eigenvalue weighted by Gasteiger charge is -2.30. The van der Waals surface area contributed by atoms with Crippen LogP contribution >= 0.6 is 0 Å². The average molecular weight is 307 g/mol. The Morgan fingerprint density at radius 3 is 2.82 bits per heavy atom. The number of likely N-dealkylation sites (tertiary alicyclic amines) is 1. The molecule has 1 unspecified atom stereocenters.